The summed E-state index contributed by atoms with van der Waals surface area (Å²) in [6.45, 7) is 0. The SMILES string of the molecule is Nc1c(-c2ccc(Cl)s2)cnnc1Cl. The predicted molar refractivity (Wildman–Crippen MR) is 59.8 cm³/mol. The fraction of sp³-hybridized carbons (Fsp3) is 0. The molecule has 0 aliphatic rings. The van der Waals surface area contributed by atoms with Gasteiger partial charge in [-0.15, -0.1) is 16.4 Å². The molecule has 2 aromatic heterocycles. The van der Waals surface area contributed by atoms with Crippen LogP contribution < -0.4 is 5.73 Å². The highest BCUT2D eigenvalue weighted by Gasteiger charge is 2.09. The third kappa shape index (κ3) is 1.68. The van der Waals surface area contributed by atoms with Crippen LogP contribution >= 0.6 is 34.5 Å². The third-order valence-corrected chi connectivity index (χ3v) is 3.23. The van der Waals surface area contributed by atoms with E-state index in [1.807, 2.05) is 6.07 Å². The summed E-state index contributed by atoms with van der Waals surface area (Å²) in [7, 11) is 0. The van der Waals surface area contributed by atoms with Crippen molar-refractivity contribution in [1.82, 2.24) is 10.2 Å². The van der Waals surface area contributed by atoms with Crippen molar-refractivity contribution < 1.29 is 0 Å². The highest BCUT2D eigenvalue weighted by atomic mass is 35.5. The van der Waals surface area contributed by atoms with Crippen LogP contribution in [0.4, 0.5) is 5.69 Å². The number of anilines is 1. The Morgan fingerprint density at radius 1 is 1.29 bits per heavy atom. The fourth-order valence-electron chi connectivity index (χ4n) is 1.03. The van der Waals surface area contributed by atoms with Crippen molar-refractivity contribution in [2.24, 2.45) is 0 Å². The Kier molecular flexibility index (Phi) is 2.58. The maximum absolute atomic E-state index is 5.81. The zero-order valence-corrected chi connectivity index (χ0v) is 9.20. The number of nitrogens with zero attached hydrogens (tertiary/aromatic N) is 2. The summed E-state index contributed by atoms with van der Waals surface area (Å²) in [5.74, 6) is 0. The Labute approximate surface area is 94.5 Å². The summed E-state index contributed by atoms with van der Waals surface area (Å²) in [5, 5.41) is 7.58. The van der Waals surface area contributed by atoms with Crippen LogP contribution in [0.1, 0.15) is 0 Å². The van der Waals surface area contributed by atoms with E-state index in [1.54, 1.807) is 12.3 Å². The van der Waals surface area contributed by atoms with Crippen LogP contribution in [-0.4, -0.2) is 10.2 Å². The second-order valence-corrected chi connectivity index (χ2v) is 4.64. The summed E-state index contributed by atoms with van der Waals surface area (Å²) < 4.78 is 0.701. The highest BCUT2D eigenvalue weighted by molar-refractivity contribution is 7.19. The molecule has 2 N–H and O–H groups in total. The monoisotopic (exact) mass is 245 g/mol. The predicted octanol–water partition coefficient (Wildman–Crippen LogP) is 3.09. The van der Waals surface area contributed by atoms with Crippen LogP contribution in [0.25, 0.3) is 10.4 Å². The third-order valence-electron chi connectivity index (χ3n) is 1.68. The van der Waals surface area contributed by atoms with Gasteiger partial charge in [-0.25, -0.2) is 0 Å². The standard InChI is InChI=1S/C8H5Cl2N3S/c9-6-2-1-5(14-6)4-3-12-13-8(10)7(4)11/h1-3H,(H2,11,12). The molecule has 0 fully saturated rings. The van der Waals surface area contributed by atoms with E-state index in [4.69, 9.17) is 28.9 Å². The molecule has 0 radical (unpaired) electrons. The van der Waals surface area contributed by atoms with Gasteiger partial charge in [0.2, 0.25) is 0 Å². The van der Waals surface area contributed by atoms with E-state index in [9.17, 15) is 0 Å². The Morgan fingerprint density at radius 2 is 2.07 bits per heavy atom. The Morgan fingerprint density at radius 3 is 2.71 bits per heavy atom. The Balaban J connectivity index is 2.57. The first kappa shape index (κ1) is 9.71. The zero-order chi connectivity index (χ0) is 10.1. The molecule has 6 heteroatoms. The summed E-state index contributed by atoms with van der Waals surface area (Å²) in [4.78, 5) is 0.935. The topological polar surface area (TPSA) is 51.8 Å². The minimum Gasteiger partial charge on any atom is -0.396 e. The minimum absolute atomic E-state index is 0.215. The summed E-state index contributed by atoms with van der Waals surface area (Å²) >= 11 is 13.0. The number of rotatable bonds is 1. The van der Waals surface area contributed by atoms with E-state index < -0.39 is 0 Å². The lowest BCUT2D eigenvalue weighted by atomic mass is 10.2. The first-order chi connectivity index (χ1) is 6.68. The molecule has 0 aliphatic heterocycles. The maximum Gasteiger partial charge on any atom is 0.175 e. The molecule has 0 saturated heterocycles. The van der Waals surface area contributed by atoms with Gasteiger partial charge in [-0.2, -0.15) is 5.10 Å². The maximum atomic E-state index is 5.81. The average Bonchev–Trinajstić information content (AvgIpc) is 2.57. The number of nitrogen functional groups attached to an aromatic ring is 1. The molecule has 0 amide bonds. The van der Waals surface area contributed by atoms with Gasteiger partial charge in [-0.05, 0) is 12.1 Å². The van der Waals surface area contributed by atoms with Gasteiger partial charge in [0.15, 0.2) is 5.15 Å². The first-order valence-electron chi connectivity index (χ1n) is 3.71. The molecule has 3 nitrogen and oxygen atoms in total. The second kappa shape index (κ2) is 3.73. The van der Waals surface area contributed by atoms with E-state index in [0.29, 0.717) is 10.0 Å². The van der Waals surface area contributed by atoms with Crippen LogP contribution in [0.15, 0.2) is 18.3 Å². The first-order valence-corrected chi connectivity index (χ1v) is 5.28. The van der Waals surface area contributed by atoms with Crippen molar-refractivity contribution in [2.45, 2.75) is 0 Å². The Bertz CT molecular complexity index is 469. The molecule has 0 unspecified atom stereocenters. The smallest absolute Gasteiger partial charge is 0.175 e. The van der Waals surface area contributed by atoms with Crippen LogP contribution in [0.5, 0.6) is 0 Å². The van der Waals surface area contributed by atoms with Crippen molar-refractivity contribution in [2.75, 3.05) is 5.73 Å². The highest BCUT2D eigenvalue weighted by Crippen LogP contribution is 2.35. The van der Waals surface area contributed by atoms with Gasteiger partial charge in [0.05, 0.1) is 16.2 Å². The molecule has 0 atom stereocenters. The minimum atomic E-state index is 0.215. The van der Waals surface area contributed by atoms with Crippen LogP contribution in [0.3, 0.4) is 0 Å². The molecular formula is C8H5Cl2N3S. The van der Waals surface area contributed by atoms with Gasteiger partial charge in [-0.3, -0.25) is 0 Å². The van der Waals surface area contributed by atoms with Gasteiger partial charge < -0.3 is 5.73 Å². The lowest BCUT2D eigenvalue weighted by Crippen LogP contribution is -1.94. The lowest BCUT2D eigenvalue weighted by Gasteiger charge is -2.01. The number of hydrogen-bond acceptors (Lipinski definition) is 4. The van der Waals surface area contributed by atoms with Gasteiger partial charge in [0.1, 0.15) is 0 Å². The van der Waals surface area contributed by atoms with Gasteiger partial charge in [-0.1, -0.05) is 23.2 Å². The summed E-state index contributed by atoms with van der Waals surface area (Å²) in [6.07, 6.45) is 1.57. The normalized spacial score (nSPS) is 10.4. The van der Waals surface area contributed by atoms with Crippen LogP contribution in [0, 0.1) is 0 Å². The summed E-state index contributed by atoms with van der Waals surface area (Å²) in [6, 6.07) is 3.67. The molecule has 2 heterocycles. The lowest BCUT2D eigenvalue weighted by molar-refractivity contribution is 1.04. The van der Waals surface area contributed by atoms with Gasteiger partial charge in [0, 0.05) is 10.4 Å². The molecule has 14 heavy (non-hydrogen) atoms. The van der Waals surface area contributed by atoms with E-state index in [0.717, 1.165) is 10.4 Å². The molecule has 2 rings (SSSR count). The van der Waals surface area contributed by atoms with Crippen molar-refractivity contribution in [3.63, 3.8) is 0 Å². The molecule has 0 saturated carbocycles. The van der Waals surface area contributed by atoms with Crippen molar-refractivity contribution in [3.05, 3.63) is 27.8 Å². The van der Waals surface area contributed by atoms with E-state index in [1.165, 1.54) is 11.3 Å². The van der Waals surface area contributed by atoms with Crippen molar-refractivity contribution in [3.8, 4) is 10.4 Å². The quantitative estimate of drug-likeness (QED) is 0.841. The Hall–Kier alpha value is -0.840. The van der Waals surface area contributed by atoms with Crippen LogP contribution in [0.2, 0.25) is 9.49 Å². The summed E-state index contributed by atoms with van der Waals surface area (Å²) in [5.41, 5.74) is 6.95. The second-order valence-electron chi connectivity index (χ2n) is 2.57. The van der Waals surface area contributed by atoms with Gasteiger partial charge in [0.25, 0.3) is 0 Å². The molecular weight excluding hydrogens is 241 g/mol. The van der Waals surface area contributed by atoms with Gasteiger partial charge >= 0.3 is 0 Å². The zero-order valence-electron chi connectivity index (χ0n) is 6.87. The molecule has 0 aliphatic carbocycles. The number of aromatic nitrogens is 2. The molecule has 0 aromatic carbocycles. The molecule has 0 spiro atoms. The van der Waals surface area contributed by atoms with Crippen molar-refractivity contribution in [1.29, 1.82) is 0 Å². The van der Waals surface area contributed by atoms with E-state index in [2.05, 4.69) is 10.2 Å². The van der Waals surface area contributed by atoms with Crippen LogP contribution in [-0.2, 0) is 0 Å². The number of halogens is 2. The average molecular weight is 246 g/mol. The molecule has 2 aromatic rings. The van der Waals surface area contributed by atoms with Crippen molar-refractivity contribution >= 4 is 40.2 Å². The number of hydrogen-bond donors (Lipinski definition) is 1. The van der Waals surface area contributed by atoms with E-state index in [-0.39, 0.29) is 5.15 Å². The number of thiophene rings is 1. The largest absolute Gasteiger partial charge is 0.396 e. The fourth-order valence-corrected chi connectivity index (χ4v) is 2.24. The van der Waals surface area contributed by atoms with E-state index >= 15 is 0 Å². The number of nitrogens with two attached hydrogens (primary N) is 1. The molecule has 72 valence electrons. The molecule has 0 bridgehead atoms.